The van der Waals surface area contributed by atoms with Crippen LogP contribution in [0.2, 0.25) is 0 Å². The molecule has 118 valence electrons. The molecule has 2 heterocycles. The summed E-state index contributed by atoms with van der Waals surface area (Å²) < 4.78 is 0. The summed E-state index contributed by atoms with van der Waals surface area (Å²) in [5.41, 5.74) is 3.21. The second kappa shape index (κ2) is 6.08. The predicted molar refractivity (Wildman–Crippen MR) is 88.9 cm³/mol. The second-order valence-corrected chi connectivity index (χ2v) is 5.37. The minimum Gasteiger partial charge on any atom is -0.355 e. The summed E-state index contributed by atoms with van der Waals surface area (Å²) in [6.07, 6.45) is 3.43. The highest BCUT2D eigenvalue weighted by atomic mass is 16.2. The number of carbonyl (C=O) groups excluding carboxylic acids is 2. The fourth-order valence-corrected chi connectivity index (χ4v) is 2.68. The minimum atomic E-state index is -0.142. The molecule has 3 amide bonds. The van der Waals surface area contributed by atoms with Gasteiger partial charge in [-0.15, -0.1) is 0 Å². The summed E-state index contributed by atoms with van der Waals surface area (Å²) in [5.74, 6) is -0.142. The van der Waals surface area contributed by atoms with Crippen molar-refractivity contribution in [3.63, 3.8) is 0 Å². The molecular weight excluding hydrogens is 292 g/mol. The summed E-state index contributed by atoms with van der Waals surface area (Å²) >= 11 is 0. The smallest absolute Gasteiger partial charge is 0.329 e. The van der Waals surface area contributed by atoms with Crippen molar-refractivity contribution in [3.05, 3.63) is 53.9 Å². The summed E-state index contributed by atoms with van der Waals surface area (Å²) in [6, 6.07) is 8.85. The Labute approximate surface area is 134 Å². The molecule has 0 unspecified atom stereocenters. The average molecular weight is 310 g/mol. The Morgan fingerprint density at radius 3 is 2.48 bits per heavy atom. The van der Waals surface area contributed by atoms with Crippen molar-refractivity contribution in [3.8, 4) is 0 Å². The van der Waals surface area contributed by atoms with E-state index in [1.165, 1.54) is 0 Å². The number of urea groups is 1. The number of hydrogen-bond donors (Lipinski definition) is 1. The average Bonchev–Trinajstić information content (AvgIpc) is 2.96. The highest BCUT2D eigenvalue weighted by Gasteiger charge is 2.31. The van der Waals surface area contributed by atoms with E-state index in [9.17, 15) is 9.59 Å². The number of hydrogen-bond acceptors (Lipinski definition) is 3. The van der Waals surface area contributed by atoms with Gasteiger partial charge in [0.1, 0.15) is 0 Å². The first-order valence-electron chi connectivity index (χ1n) is 7.43. The van der Waals surface area contributed by atoms with Crippen molar-refractivity contribution in [1.29, 1.82) is 0 Å². The Kier molecular flexibility index (Phi) is 3.97. The number of nitrogens with one attached hydrogen (secondary N) is 1. The van der Waals surface area contributed by atoms with Crippen LogP contribution in [0.5, 0.6) is 0 Å². The second-order valence-electron chi connectivity index (χ2n) is 5.37. The van der Waals surface area contributed by atoms with Crippen LogP contribution in [0.3, 0.4) is 0 Å². The van der Waals surface area contributed by atoms with E-state index in [4.69, 9.17) is 0 Å². The monoisotopic (exact) mass is 310 g/mol. The Morgan fingerprint density at radius 1 is 1.13 bits per heavy atom. The van der Waals surface area contributed by atoms with Crippen molar-refractivity contribution in [2.75, 3.05) is 29.9 Å². The Balaban J connectivity index is 1.82. The largest absolute Gasteiger partial charge is 0.355 e. The molecule has 6 heteroatoms. The van der Waals surface area contributed by atoms with E-state index in [1.807, 2.05) is 13.0 Å². The molecule has 1 N–H and O–H groups in total. The molecule has 23 heavy (non-hydrogen) atoms. The first kappa shape index (κ1) is 15.0. The zero-order valence-corrected chi connectivity index (χ0v) is 13.1. The molecule has 1 saturated heterocycles. The van der Waals surface area contributed by atoms with Crippen LogP contribution in [0, 0.1) is 6.92 Å². The number of amides is 3. The lowest BCUT2D eigenvalue weighted by Gasteiger charge is -2.20. The number of aromatic nitrogens is 1. The number of carbonyl (C=O) groups is 2. The van der Waals surface area contributed by atoms with Crippen LogP contribution in [0.15, 0.2) is 42.7 Å². The van der Waals surface area contributed by atoms with Crippen molar-refractivity contribution >= 4 is 23.3 Å². The molecule has 0 radical (unpaired) electrons. The van der Waals surface area contributed by atoms with Crippen LogP contribution in [0.25, 0.3) is 0 Å². The maximum atomic E-state index is 12.7. The van der Waals surface area contributed by atoms with Gasteiger partial charge in [-0.25, -0.2) is 4.79 Å². The van der Waals surface area contributed by atoms with Crippen LogP contribution in [0.4, 0.5) is 16.2 Å². The normalized spacial score (nSPS) is 14.3. The summed E-state index contributed by atoms with van der Waals surface area (Å²) in [6.45, 7) is 3.18. The lowest BCUT2D eigenvalue weighted by molar-refractivity contribution is 0.0963. The van der Waals surface area contributed by atoms with E-state index in [1.54, 1.807) is 53.5 Å². The Hall–Kier alpha value is -2.89. The first-order valence-corrected chi connectivity index (χ1v) is 7.43. The summed E-state index contributed by atoms with van der Waals surface area (Å²) in [4.78, 5) is 31.8. The highest BCUT2D eigenvalue weighted by molar-refractivity contribution is 6.06. The zero-order chi connectivity index (χ0) is 16.4. The molecule has 0 spiro atoms. The maximum Gasteiger partial charge on any atom is 0.329 e. The van der Waals surface area contributed by atoms with Crippen molar-refractivity contribution in [2.24, 2.45) is 0 Å². The molecule has 1 aromatic heterocycles. The van der Waals surface area contributed by atoms with Gasteiger partial charge >= 0.3 is 6.03 Å². The third-order valence-electron chi connectivity index (χ3n) is 3.98. The van der Waals surface area contributed by atoms with Crippen LogP contribution >= 0.6 is 0 Å². The third-order valence-corrected chi connectivity index (χ3v) is 3.98. The van der Waals surface area contributed by atoms with Crippen LogP contribution in [0.1, 0.15) is 15.9 Å². The van der Waals surface area contributed by atoms with Gasteiger partial charge in [-0.2, -0.15) is 0 Å². The molecule has 3 rings (SSSR count). The molecule has 1 fully saturated rings. The quantitative estimate of drug-likeness (QED) is 0.945. The van der Waals surface area contributed by atoms with E-state index >= 15 is 0 Å². The van der Waals surface area contributed by atoms with Gasteiger partial charge in [-0.1, -0.05) is 0 Å². The molecular formula is C17H18N4O2. The lowest BCUT2D eigenvalue weighted by Crippen LogP contribution is -2.32. The molecule has 1 aliphatic rings. The fourth-order valence-electron chi connectivity index (χ4n) is 2.68. The number of pyridine rings is 1. The van der Waals surface area contributed by atoms with Gasteiger partial charge in [-0.05, 0) is 42.8 Å². The molecule has 0 aliphatic carbocycles. The molecule has 0 saturated carbocycles. The maximum absolute atomic E-state index is 12.7. The van der Waals surface area contributed by atoms with E-state index < -0.39 is 0 Å². The number of nitrogens with zero attached hydrogens (tertiary/aromatic N) is 3. The molecule has 6 nitrogen and oxygen atoms in total. The van der Waals surface area contributed by atoms with Gasteiger partial charge < -0.3 is 5.32 Å². The van der Waals surface area contributed by atoms with Gasteiger partial charge in [0.25, 0.3) is 5.91 Å². The van der Waals surface area contributed by atoms with Crippen molar-refractivity contribution < 1.29 is 9.59 Å². The van der Waals surface area contributed by atoms with Crippen molar-refractivity contribution in [2.45, 2.75) is 6.92 Å². The Morgan fingerprint density at radius 2 is 1.83 bits per heavy atom. The van der Waals surface area contributed by atoms with Crippen LogP contribution in [-0.2, 0) is 0 Å². The van der Waals surface area contributed by atoms with Crippen LogP contribution < -0.4 is 15.1 Å². The number of benzene rings is 1. The van der Waals surface area contributed by atoms with Gasteiger partial charge in [0.2, 0.25) is 0 Å². The Bertz CT molecular complexity index is 743. The van der Waals surface area contributed by atoms with Gasteiger partial charge in [0.05, 0.1) is 11.9 Å². The minimum absolute atomic E-state index is 0.0752. The first-order chi connectivity index (χ1) is 11.1. The van der Waals surface area contributed by atoms with Gasteiger partial charge in [0.15, 0.2) is 0 Å². The molecule has 1 aromatic carbocycles. The summed E-state index contributed by atoms with van der Waals surface area (Å²) in [7, 11) is 1.59. The molecule has 0 atom stereocenters. The van der Waals surface area contributed by atoms with E-state index in [0.29, 0.717) is 18.7 Å². The molecule has 2 aromatic rings. The fraction of sp³-hybridized carbons (Fsp3) is 0.235. The third kappa shape index (κ3) is 2.75. The van der Waals surface area contributed by atoms with Crippen LogP contribution in [-0.4, -0.2) is 37.1 Å². The predicted octanol–water partition coefficient (Wildman–Crippen LogP) is 2.20. The highest BCUT2D eigenvalue weighted by Crippen LogP contribution is 2.26. The van der Waals surface area contributed by atoms with E-state index in [0.717, 1.165) is 16.9 Å². The lowest BCUT2D eigenvalue weighted by atomic mass is 10.2. The number of rotatable bonds is 3. The van der Waals surface area contributed by atoms with E-state index in [-0.39, 0.29) is 11.9 Å². The standard InChI is InChI=1S/C17H18N4O2/c1-12-7-8-19-11-15(12)21-10-9-20(17(21)23)14-5-3-13(4-6-14)16(22)18-2/h3-8,11H,9-10H2,1-2H3,(H,18,22). The molecule has 0 bridgehead atoms. The number of aryl methyl sites for hydroxylation is 1. The SMILES string of the molecule is CNC(=O)c1ccc(N2CCN(c3cnccc3C)C2=O)cc1. The molecule has 1 aliphatic heterocycles. The number of anilines is 2. The topological polar surface area (TPSA) is 65.5 Å². The van der Waals surface area contributed by atoms with E-state index in [2.05, 4.69) is 10.3 Å². The van der Waals surface area contributed by atoms with Gasteiger partial charge in [-0.3, -0.25) is 19.6 Å². The zero-order valence-electron chi connectivity index (χ0n) is 13.1. The van der Waals surface area contributed by atoms with Gasteiger partial charge in [0, 0.05) is 37.6 Å². The van der Waals surface area contributed by atoms with Crippen molar-refractivity contribution in [1.82, 2.24) is 10.3 Å². The summed E-state index contributed by atoms with van der Waals surface area (Å²) in [5, 5.41) is 2.58.